The van der Waals surface area contributed by atoms with Crippen molar-refractivity contribution in [2.45, 2.75) is 25.5 Å². The molecule has 0 saturated carbocycles. The van der Waals surface area contributed by atoms with Crippen molar-refractivity contribution in [2.75, 3.05) is 12.3 Å². The van der Waals surface area contributed by atoms with Gasteiger partial charge in [0.05, 0.1) is 0 Å². The maximum Gasteiger partial charge on any atom is 0.0207 e. The van der Waals surface area contributed by atoms with Crippen molar-refractivity contribution in [1.29, 1.82) is 0 Å². The van der Waals surface area contributed by atoms with E-state index in [0.29, 0.717) is 4.75 Å². The zero-order chi connectivity index (χ0) is 8.04. The summed E-state index contributed by atoms with van der Waals surface area (Å²) in [6.45, 7) is 7.49. The first kappa shape index (κ1) is 11.0. The third-order valence-corrected chi connectivity index (χ3v) is 4.12. The van der Waals surface area contributed by atoms with Gasteiger partial charge in [-0.05, 0) is 11.8 Å². The Hall–Kier alpha value is 0.950. The highest BCUT2D eigenvalue weighted by molar-refractivity contribution is 8.77. The monoisotopic (exact) mass is 199 g/mol. The third kappa shape index (κ3) is 8.95. The lowest BCUT2D eigenvalue weighted by Crippen LogP contribution is -2.07. The first-order valence-electron chi connectivity index (χ1n) is 3.20. The van der Waals surface area contributed by atoms with Gasteiger partial charge in [-0.2, -0.15) is 0 Å². The lowest BCUT2D eigenvalue weighted by Gasteiger charge is -2.15. The summed E-state index contributed by atoms with van der Waals surface area (Å²) in [6.07, 6.45) is 0. The molecule has 0 radical (unpaired) electrons. The highest BCUT2D eigenvalue weighted by atomic mass is 35.5. The molecule has 0 aliphatic rings. The molecule has 62 valence electrons. The maximum absolute atomic E-state index is 5.28. The fourth-order valence-electron chi connectivity index (χ4n) is 0.299. The van der Waals surface area contributed by atoms with Crippen molar-refractivity contribution in [3.63, 3.8) is 0 Å². The number of halogens is 1. The normalized spacial score (nSPS) is 12.0. The average Bonchev–Trinajstić information content (AvgIpc) is 1.78. The van der Waals surface area contributed by atoms with Gasteiger partial charge in [-0.1, -0.05) is 42.4 Å². The second kappa shape index (κ2) is 5.58. The predicted molar refractivity (Wildman–Crippen MR) is 53.7 cm³/mol. The first-order chi connectivity index (χ1) is 4.56. The van der Waals surface area contributed by atoms with E-state index in [1.807, 2.05) is 21.6 Å². The van der Waals surface area contributed by atoms with Crippen LogP contribution < -0.4 is 4.84 Å². The van der Waals surface area contributed by atoms with E-state index in [1.54, 1.807) is 0 Å². The zero-order valence-corrected chi connectivity index (χ0v) is 9.00. The molecule has 0 aliphatic heterocycles. The van der Waals surface area contributed by atoms with E-state index in [1.165, 1.54) is 0 Å². The van der Waals surface area contributed by atoms with E-state index in [0.717, 1.165) is 12.3 Å². The molecule has 1 N–H and O–H groups in total. The Morgan fingerprint density at radius 2 is 2.00 bits per heavy atom. The third-order valence-electron chi connectivity index (χ3n) is 0.589. The molecule has 0 aromatic carbocycles. The summed E-state index contributed by atoms with van der Waals surface area (Å²) in [5.41, 5.74) is 0. The summed E-state index contributed by atoms with van der Waals surface area (Å²) < 4.78 is 0.358. The van der Waals surface area contributed by atoms with Crippen LogP contribution in [0.1, 0.15) is 20.8 Å². The number of nitrogens with one attached hydrogen (secondary N) is 1. The minimum absolute atomic E-state index is 0.358. The van der Waals surface area contributed by atoms with Crippen molar-refractivity contribution in [3.8, 4) is 0 Å². The van der Waals surface area contributed by atoms with Crippen LogP contribution in [0.3, 0.4) is 0 Å². The van der Waals surface area contributed by atoms with E-state index in [-0.39, 0.29) is 0 Å². The van der Waals surface area contributed by atoms with E-state index in [9.17, 15) is 0 Å². The summed E-state index contributed by atoms with van der Waals surface area (Å²) in [4.78, 5) is 2.59. The highest BCUT2D eigenvalue weighted by Gasteiger charge is 2.09. The van der Waals surface area contributed by atoms with Gasteiger partial charge in [0.15, 0.2) is 0 Å². The standard InChI is InChI=1S/C6H14ClNS2/c1-6(2,3)10-9-5-4-8-7/h8H,4-5H2,1-3H3. The molecule has 10 heavy (non-hydrogen) atoms. The van der Waals surface area contributed by atoms with Crippen LogP contribution in [-0.2, 0) is 0 Å². The van der Waals surface area contributed by atoms with Crippen LogP contribution in [0.15, 0.2) is 0 Å². The summed E-state index contributed by atoms with van der Waals surface area (Å²) >= 11 is 5.28. The largest absolute Gasteiger partial charge is 0.233 e. The van der Waals surface area contributed by atoms with Crippen LogP contribution in [0.5, 0.6) is 0 Å². The topological polar surface area (TPSA) is 12.0 Å². The molecule has 0 atom stereocenters. The van der Waals surface area contributed by atoms with Gasteiger partial charge in [0.25, 0.3) is 0 Å². The molecule has 0 spiro atoms. The smallest absolute Gasteiger partial charge is 0.0207 e. The predicted octanol–water partition coefficient (Wildman–Crippen LogP) is 2.91. The van der Waals surface area contributed by atoms with Crippen LogP contribution in [-0.4, -0.2) is 17.0 Å². The second-order valence-corrected chi connectivity index (χ2v) is 6.41. The molecule has 0 aliphatic carbocycles. The van der Waals surface area contributed by atoms with Gasteiger partial charge >= 0.3 is 0 Å². The van der Waals surface area contributed by atoms with Crippen molar-refractivity contribution in [1.82, 2.24) is 4.84 Å². The number of hydrogen-bond donors (Lipinski definition) is 1. The molecule has 0 aromatic heterocycles. The van der Waals surface area contributed by atoms with E-state index < -0.39 is 0 Å². The molecule has 0 unspecified atom stereocenters. The Balaban J connectivity index is 3.04. The summed E-state index contributed by atoms with van der Waals surface area (Å²) in [7, 11) is 3.75. The molecule has 4 heteroatoms. The minimum atomic E-state index is 0.358. The molecule has 1 nitrogen and oxygen atoms in total. The summed E-state index contributed by atoms with van der Waals surface area (Å²) in [5.74, 6) is 1.06. The van der Waals surface area contributed by atoms with Gasteiger partial charge in [0.2, 0.25) is 0 Å². The van der Waals surface area contributed by atoms with Crippen LogP contribution in [0.4, 0.5) is 0 Å². The van der Waals surface area contributed by atoms with Crippen LogP contribution in [0, 0.1) is 0 Å². The van der Waals surface area contributed by atoms with E-state index >= 15 is 0 Å². The van der Waals surface area contributed by atoms with Crippen LogP contribution in [0.2, 0.25) is 0 Å². The Morgan fingerprint density at radius 3 is 2.40 bits per heavy atom. The van der Waals surface area contributed by atoms with E-state index in [2.05, 4.69) is 25.6 Å². The Morgan fingerprint density at radius 1 is 1.40 bits per heavy atom. The molecular formula is C6H14ClNS2. The van der Waals surface area contributed by atoms with Gasteiger partial charge in [0, 0.05) is 17.0 Å². The summed E-state index contributed by atoms with van der Waals surface area (Å²) in [6, 6.07) is 0. The SMILES string of the molecule is CC(C)(C)SSCCNCl. The molecular weight excluding hydrogens is 186 g/mol. The van der Waals surface area contributed by atoms with E-state index in [4.69, 9.17) is 11.8 Å². The quantitative estimate of drug-likeness (QED) is 0.425. The number of hydrogen-bond acceptors (Lipinski definition) is 3. The molecule has 0 amide bonds. The lowest BCUT2D eigenvalue weighted by atomic mass is 10.3. The Kier molecular flexibility index (Phi) is 6.11. The fourth-order valence-corrected chi connectivity index (χ4v) is 2.69. The van der Waals surface area contributed by atoms with Crippen LogP contribution in [0.25, 0.3) is 0 Å². The lowest BCUT2D eigenvalue weighted by molar-refractivity contribution is 0.810. The fraction of sp³-hybridized carbons (Fsp3) is 1.00. The van der Waals surface area contributed by atoms with Crippen molar-refractivity contribution >= 4 is 33.4 Å². The van der Waals surface area contributed by atoms with Crippen molar-refractivity contribution in [3.05, 3.63) is 0 Å². The van der Waals surface area contributed by atoms with Gasteiger partial charge in [-0.3, -0.25) is 0 Å². The second-order valence-electron chi connectivity index (χ2n) is 2.90. The molecule has 0 aromatic rings. The first-order valence-corrected chi connectivity index (χ1v) is 5.90. The minimum Gasteiger partial charge on any atom is -0.233 e. The highest BCUT2D eigenvalue weighted by Crippen LogP contribution is 2.34. The van der Waals surface area contributed by atoms with Gasteiger partial charge < -0.3 is 0 Å². The zero-order valence-electron chi connectivity index (χ0n) is 6.61. The molecule has 0 rings (SSSR count). The van der Waals surface area contributed by atoms with Gasteiger partial charge in [-0.15, -0.1) is 0 Å². The molecule has 0 saturated heterocycles. The van der Waals surface area contributed by atoms with Gasteiger partial charge in [-0.25, -0.2) is 4.84 Å². The van der Waals surface area contributed by atoms with Crippen LogP contribution >= 0.6 is 33.4 Å². The Bertz CT molecular complexity index is 82.3. The van der Waals surface area contributed by atoms with Crippen molar-refractivity contribution in [2.24, 2.45) is 0 Å². The van der Waals surface area contributed by atoms with Crippen molar-refractivity contribution < 1.29 is 0 Å². The Labute approximate surface area is 76.2 Å². The maximum atomic E-state index is 5.28. The summed E-state index contributed by atoms with van der Waals surface area (Å²) in [5, 5.41) is 0. The molecule has 0 heterocycles. The van der Waals surface area contributed by atoms with Gasteiger partial charge in [0.1, 0.15) is 0 Å². The molecule has 0 fully saturated rings. The number of rotatable bonds is 4. The molecule has 0 bridgehead atoms. The average molecular weight is 200 g/mol.